The summed E-state index contributed by atoms with van der Waals surface area (Å²) in [6.45, 7) is -0.409. The Bertz CT molecular complexity index is 298. The van der Waals surface area contributed by atoms with Crippen LogP contribution in [0.4, 0.5) is 13.2 Å². The molecule has 0 heterocycles. The number of rotatable bonds is 3. The lowest BCUT2D eigenvalue weighted by atomic mass is 10.3. The molecule has 14 heavy (non-hydrogen) atoms. The summed E-state index contributed by atoms with van der Waals surface area (Å²) in [5, 5.41) is 0.315. The lowest BCUT2D eigenvalue weighted by molar-refractivity contribution is -0.139. The van der Waals surface area contributed by atoms with E-state index in [-0.39, 0.29) is 5.75 Å². The highest BCUT2D eigenvalue weighted by atomic mass is 35.5. The second-order valence-electron chi connectivity index (χ2n) is 2.64. The van der Waals surface area contributed by atoms with Crippen LogP contribution in [0.1, 0.15) is 6.42 Å². The molecule has 0 aliphatic carbocycles. The average molecular weight is 225 g/mol. The first kappa shape index (κ1) is 11.2. The zero-order valence-corrected chi connectivity index (χ0v) is 7.90. The van der Waals surface area contributed by atoms with Crippen LogP contribution >= 0.6 is 11.6 Å². The highest BCUT2D eigenvalue weighted by Crippen LogP contribution is 2.25. The minimum absolute atomic E-state index is 0.276. The van der Waals surface area contributed by atoms with Crippen molar-refractivity contribution in [3.8, 4) is 5.75 Å². The predicted octanol–water partition coefficient (Wildman–Crippen LogP) is 3.67. The Morgan fingerprint density at radius 2 is 1.86 bits per heavy atom. The van der Waals surface area contributed by atoms with Gasteiger partial charge in [-0.05, 0) is 12.1 Å². The molecule has 0 spiro atoms. The van der Waals surface area contributed by atoms with Crippen molar-refractivity contribution in [2.24, 2.45) is 0 Å². The number of ether oxygens (including phenoxy) is 1. The maximum absolute atomic E-state index is 11.7. The van der Waals surface area contributed by atoms with Crippen LogP contribution in [-0.2, 0) is 0 Å². The van der Waals surface area contributed by atoms with Gasteiger partial charge in [0.05, 0.1) is 18.1 Å². The van der Waals surface area contributed by atoms with Crippen molar-refractivity contribution in [1.29, 1.82) is 0 Å². The first-order chi connectivity index (χ1) is 6.49. The minimum Gasteiger partial charge on any atom is -0.492 e. The largest absolute Gasteiger partial charge is 0.492 e. The molecule has 0 aliphatic heterocycles. The Morgan fingerprint density at radius 3 is 2.43 bits per heavy atom. The van der Waals surface area contributed by atoms with E-state index < -0.39 is 19.2 Å². The summed E-state index contributed by atoms with van der Waals surface area (Å²) in [4.78, 5) is 0. The van der Waals surface area contributed by atoms with Crippen LogP contribution in [0.5, 0.6) is 5.75 Å². The lowest BCUT2D eigenvalue weighted by Crippen LogP contribution is -2.13. The Labute approximate surface area is 84.4 Å². The van der Waals surface area contributed by atoms with Gasteiger partial charge in [-0.1, -0.05) is 23.7 Å². The second kappa shape index (κ2) is 4.55. The van der Waals surface area contributed by atoms with Gasteiger partial charge in [-0.15, -0.1) is 0 Å². The second-order valence-corrected chi connectivity index (χ2v) is 3.05. The number of hydrogen-bond donors (Lipinski definition) is 0. The fraction of sp³-hybridized carbons (Fsp3) is 0.333. The standard InChI is InChI=1S/C9H8ClF3O/c10-7-3-1-2-4-8(7)14-6-5-9(11,12)13/h1-4H,5-6H2. The summed E-state index contributed by atoms with van der Waals surface area (Å²) in [6.07, 6.45) is -5.17. The summed E-state index contributed by atoms with van der Waals surface area (Å²) >= 11 is 5.67. The number of alkyl halides is 3. The van der Waals surface area contributed by atoms with E-state index in [1.54, 1.807) is 18.2 Å². The molecule has 0 N–H and O–H groups in total. The van der Waals surface area contributed by atoms with E-state index in [1.165, 1.54) is 6.07 Å². The number of benzene rings is 1. The van der Waals surface area contributed by atoms with Crippen molar-refractivity contribution in [2.75, 3.05) is 6.61 Å². The van der Waals surface area contributed by atoms with Crippen LogP contribution in [0.2, 0.25) is 5.02 Å². The SMILES string of the molecule is FC(F)(F)CCOc1ccccc1Cl. The molecule has 0 fully saturated rings. The fourth-order valence-electron chi connectivity index (χ4n) is 0.839. The topological polar surface area (TPSA) is 9.23 Å². The highest BCUT2D eigenvalue weighted by Gasteiger charge is 2.26. The van der Waals surface area contributed by atoms with E-state index >= 15 is 0 Å². The van der Waals surface area contributed by atoms with Gasteiger partial charge in [0, 0.05) is 0 Å². The molecule has 0 radical (unpaired) electrons. The summed E-state index contributed by atoms with van der Waals surface area (Å²) < 4.78 is 40.1. The van der Waals surface area contributed by atoms with E-state index in [0.717, 1.165) is 0 Å². The van der Waals surface area contributed by atoms with Gasteiger partial charge in [-0.3, -0.25) is 0 Å². The van der Waals surface area contributed by atoms with Crippen LogP contribution in [0.3, 0.4) is 0 Å². The quantitative estimate of drug-likeness (QED) is 0.761. The third kappa shape index (κ3) is 3.87. The van der Waals surface area contributed by atoms with Crippen LogP contribution in [0, 0.1) is 0 Å². The van der Waals surface area contributed by atoms with Crippen molar-refractivity contribution in [3.63, 3.8) is 0 Å². The maximum Gasteiger partial charge on any atom is 0.392 e. The molecular weight excluding hydrogens is 217 g/mol. The van der Waals surface area contributed by atoms with Crippen LogP contribution in [0.25, 0.3) is 0 Å². The third-order valence-corrected chi connectivity index (χ3v) is 1.79. The lowest BCUT2D eigenvalue weighted by Gasteiger charge is -2.09. The molecule has 0 aromatic heterocycles. The van der Waals surface area contributed by atoms with Gasteiger partial charge >= 0.3 is 6.18 Å². The molecule has 1 rings (SSSR count). The molecule has 0 saturated carbocycles. The van der Waals surface area contributed by atoms with Gasteiger partial charge in [0.2, 0.25) is 0 Å². The molecular formula is C9H8ClF3O. The van der Waals surface area contributed by atoms with Gasteiger partial charge in [0.25, 0.3) is 0 Å². The van der Waals surface area contributed by atoms with Crippen LogP contribution in [-0.4, -0.2) is 12.8 Å². The molecule has 0 atom stereocenters. The van der Waals surface area contributed by atoms with Crippen molar-refractivity contribution >= 4 is 11.6 Å². The summed E-state index contributed by atoms with van der Waals surface area (Å²) in [6, 6.07) is 6.41. The molecule has 78 valence electrons. The van der Waals surface area contributed by atoms with E-state index in [1.807, 2.05) is 0 Å². The van der Waals surface area contributed by atoms with Crippen molar-refractivity contribution in [2.45, 2.75) is 12.6 Å². The summed E-state index contributed by atoms with van der Waals surface area (Å²) in [7, 11) is 0. The van der Waals surface area contributed by atoms with E-state index in [0.29, 0.717) is 5.02 Å². The first-order valence-corrected chi connectivity index (χ1v) is 4.31. The smallest absolute Gasteiger partial charge is 0.392 e. The van der Waals surface area contributed by atoms with Gasteiger partial charge in [-0.2, -0.15) is 13.2 Å². The zero-order chi connectivity index (χ0) is 10.6. The Kier molecular flexibility index (Phi) is 3.63. The summed E-state index contributed by atoms with van der Waals surface area (Å²) in [5.74, 6) is 0.276. The number of para-hydroxylation sites is 1. The molecule has 0 aliphatic rings. The zero-order valence-electron chi connectivity index (χ0n) is 7.14. The molecule has 0 bridgehead atoms. The molecule has 0 saturated heterocycles. The van der Waals surface area contributed by atoms with E-state index in [9.17, 15) is 13.2 Å². The van der Waals surface area contributed by atoms with Gasteiger partial charge < -0.3 is 4.74 Å². The maximum atomic E-state index is 11.7. The first-order valence-electron chi connectivity index (χ1n) is 3.93. The van der Waals surface area contributed by atoms with Gasteiger partial charge in [-0.25, -0.2) is 0 Å². The molecule has 0 unspecified atom stereocenters. The number of hydrogen-bond acceptors (Lipinski definition) is 1. The Hall–Kier alpha value is -0.900. The molecule has 0 amide bonds. The van der Waals surface area contributed by atoms with E-state index in [4.69, 9.17) is 16.3 Å². The van der Waals surface area contributed by atoms with Crippen molar-refractivity contribution < 1.29 is 17.9 Å². The van der Waals surface area contributed by atoms with E-state index in [2.05, 4.69) is 0 Å². The number of halogens is 4. The van der Waals surface area contributed by atoms with Crippen LogP contribution < -0.4 is 4.74 Å². The Morgan fingerprint density at radius 1 is 1.21 bits per heavy atom. The van der Waals surface area contributed by atoms with Gasteiger partial charge in [0.1, 0.15) is 5.75 Å². The Balaban J connectivity index is 2.43. The fourth-order valence-corrected chi connectivity index (χ4v) is 1.03. The minimum atomic E-state index is -4.19. The van der Waals surface area contributed by atoms with Crippen LogP contribution in [0.15, 0.2) is 24.3 Å². The third-order valence-electron chi connectivity index (χ3n) is 1.48. The molecule has 5 heteroatoms. The van der Waals surface area contributed by atoms with Crippen molar-refractivity contribution in [1.82, 2.24) is 0 Å². The normalized spacial score (nSPS) is 11.4. The predicted molar refractivity (Wildman–Crippen MR) is 47.6 cm³/mol. The van der Waals surface area contributed by atoms with Gasteiger partial charge in [0.15, 0.2) is 0 Å². The summed E-state index contributed by atoms with van der Waals surface area (Å²) in [5.41, 5.74) is 0. The monoisotopic (exact) mass is 224 g/mol. The molecule has 1 aromatic rings. The molecule has 1 nitrogen and oxygen atoms in total. The average Bonchev–Trinajstić information content (AvgIpc) is 2.06. The van der Waals surface area contributed by atoms with Crippen molar-refractivity contribution in [3.05, 3.63) is 29.3 Å². The molecule has 1 aromatic carbocycles. The highest BCUT2D eigenvalue weighted by molar-refractivity contribution is 6.32.